The van der Waals surface area contributed by atoms with Crippen molar-refractivity contribution in [1.82, 2.24) is 0 Å². The highest BCUT2D eigenvalue weighted by Crippen LogP contribution is 2.24. The van der Waals surface area contributed by atoms with E-state index in [0.29, 0.717) is 17.2 Å². The Morgan fingerprint density at radius 1 is 1.04 bits per heavy atom. The van der Waals surface area contributed by atoms with Crippen LogP contribution in [0.1, 0.15) is 15.9 Å². The Kier molecular flexibility index (Phi) is 5.78. The van der Waals surface area contributed by atoms with Gasteiger partial charge in [0.2, 0.25) is 0 Å². The molecule has 0 fully saturated rings. The van der Waals surface area contributed by atoms with E-state index in [9.17, 15) is 9.59 Å². The lowest BCUT2D eigenvalue weighted by Crippen LogP contribution is -2.21. The van der Waals surface area contributed by atoms with Gasteiger partial charge in [-0.25, -0.2) is 4.79 Å². The zero-order valence-corrected chi connectivity index (χ0v) is 13.8. The highest BCUT2D eigenvalue weighted by molar-refractivity contribution is 5.97. The summed E-state index contributed by atoms with van der Waals surface area (Å²) in [4.78, 5) is 24.1. The molecule has 0 heterocycles. The predicted octanol–water partition coefficient (Wildman–Crippen LogP) is 2.81. The lowest BCUT2D eigenvalue weighted by atomic mass is 10.2. The van der Waals surface area contributed by atoms with Crippen LogP contribution in [0.5, 0.6) is 11.5 Å². The molecular formula is C18H19NO5. The minimum atomic E-state index is -0.662. The average Bonchev–Trinajstić information content (AvgIpc) is 2.59. The van der Waals surface area contributed by atoms with E-state index in [1.54, 1.807) is 18.2 Å². The summed E-state index contributed by atoms with van der Waals surface area (Å²) in [5, 5.41) is 2.67. The van der Waals surface area contributed by atoms with Gasteiger partial charge in [0.15, 0.2) is 6.61 Å². The second-order valence-corrected chi connectivity index (χ2v) is 5.06. The molecule has 0 aromatic heterocycles. The summed E-state index contributed by atoms with van der Waals surface area (Å²) in [7, 11) is 2.94. The molecule has 1 amide bonds. The largest absolute Gasteiger partial charge is 0.497 e. The Labute approximate surface area is 140 Å². The van der Waals surface area contributed by atoms with Gasteiger partial charge < -0.3 is 19.5 Å². The fourth-order valence-electron chi connectivity index (χ4n) is 2.10. The number of rotatable bonds is 6. The van der Waals surface area contributed by atoms with Gasteiger partial charge in [-0.1, -0.05) is 12.1 Å². The van der Waals surface area contributed by atoms with E-state index < -0.39 is 18.5 Å². The van der Waals surface area contributed by atoms with Crippen LogP contribution in [0, 0.1) is 6.92 Å². The van der Waals surface area contributed by atoms with Gasteiger partial charge >= 0.3 is 5.97 Å². The number of amides is 1. The number of ether oxygens (including phenoxy) is 3. The highest BCUT2D eigenvalue weighted by atomic mass is 16.5. The van der Waals surface area contributed by atoms with Gasteiger partial charge in [0.25, 0.3) is 5.91 Å². The fraction of sp³-hybridized carbons (Fsp3) is 0.222. The molecule has 0 saturated carbocycles. The van der Waals surface area contributed by atoms with Crippen LogP contribution >= 0.6 is 0 Å². The Bertz CT molecular complexity index is 742. The number of carbonyl (C=O) groups excluding carboxylic acids is 2. The van der Waals surface area contributed by atoms with E-state index in [4.69, 9.17) is 14.2 Å². The summed E-state index contributed by atoms with van der Waals surface area (Å²) in [6.45, 7) is 1.53. The van der Waals surface area contributed by atoms with E-state index in [1.807, 2.05) is 25.1 Å². The SMILES string of the molecule is COc1ccc(OC)c(C(=O)OCC(=O)Nc2cccc(C)c2)c1. The second-order valence-electron chi connectivity index (χ2n) is 5.06. The van der Waals surface area contributed by atoms with Crippen molar-refractivity contribution in [3.8, 4) is 11.5 Å². The molecule has 24 heavy (non-hydrogen) atoms. The molecule has 0 aliphatic carbocycles. The second kappa shape index (κ2) is 8.01. The van der Waals surface area contributed by atoms with E-state index in [1.165, 1.54) is 20.3 Å². The quantitative estimate of drug-likeness (QED) is 0.825. The minimum absolute atomic E-state index is 0.195. The number of benzene rings is 2. The zero-order chi connectivity index (χ0) is 17.5. The van der Waals surface area contributed by atoms with Crippen molar-refractivity contribution < 1.29 is 23.8 Å². The minimum Gasteiger partial charge on any atom is -0.497 e. The first-order chi connectivity index (χ1) is 11.5. The molecule has 6 heteroatoms. The lowest BCUT2D eigenvalue weighted by molar-refractivity contribution is -0.119. The van der Waals surface area contributed by atoms with Gasteiger partial charge in [0.05, 0.1) is 14.2 Å². The summed E-state index contributed by atoms with van der Waals surface area (Å²) in [5.74, 6) is -0.243. The smallest absolute Gasteiger partial charge is 0.342 e. The third kappa shape index (κ3) is 4.49. The maximum absolute atomic E-state index is 12.2. The Hall–Kier alpha value is -3.02. The number of hydrogen-bond acceptors (Lipinski definition) is 5. The standard InChI is InChI=1S/C18H19NO5/c1-12-5-4-6-13(9-12)19-17(20)11-24-18(21)15-10-14(22-2)7-8-16(15)23-3/h4-10H,11H2,1-3H3,(H,19,20). The van der Waals surface area contributed by atoms with Gasteiger partial charge in [0, 0.05) is 5.69 Å². The molecular weight excluding hydrogens is 310 g/mol. The van der Waals surface area contributed by atoms with Crippen molar-refractivity contribution in [2.75, 3.05) is 26.1 Å². The van der Waals surface area contributed by atoms with Gasteiger partial charge in [-0.2, -0.15) is 0 Å². The van der Waals surface area contributed by atoms with Crippen LogP contribution in [-0.2, 0) is 9.53 Å². The predicted molar refractivity (Wildman–Crippen MR) is 89.6 cm³/mol. The third-order valence-corrected chi connectivity index (χ3v) is 3.26. The molecule has 0 saturated heterocycles. The van der Waals surface area contributed by atoms with Crippen LogP contribution in [0.25, 0.3) is 0 Å². The first-order valence-corrected chi connectivity index (χ1v) is 7.29. The number of carbonyl (C=O) groups is 2. The van der Waals surface area contributed by atoms with Gasteiger partial charge in [-0.15, -0.1) is 0 Å². The molecule has 0 aliphatic heterocycles. The molecule has 2 rings (SSSR count). The van der Waals surface area contributed by atoms with E-state index in [-0.39, 0.29) is 5.56 Å². The van der Waals surface area contributed by atoms with Crippen molar-refractivity contribution in [3.63, 3.8) is 0 Å². The van der Waals surface area contributed by atoms with Crippen LogP contribution in [0.4, 0.5) is 5.69 Å². The van der Waals surface area contributed by atoms with Crippen LogP contribution in [0.15, 0.2) is 42.5 Å². The molecule has 126 valence electrons. The number of anilines is 1. The molecule has 1 N–H and O–H groups in total. The third-order valence-electron chi connectivity index (χ3n) is 3.26. The summed E-state index contributed by atoms with van der Waals surface area (Å²) < 4.78 is 15.3. The van der Waals surface area contributed by atoms with Gasteiger partial charge in [-0.3, -0.25) is 4.79 Å². The topological polar surface area (TPSA) is 73.9 Å². The van der Waals surface area contributed by atoms with Crippen LogP contribution in [-0.4, -0.2) is 32.7 Å². The molecule has 0 unspecified atom stereocenters. The van der Waals surface area contributed by atoms with Gasteiger partial charge in [0.1, 0.15) is 17.1 Å². The number of nitrogens with one attached hydrogen (secondary N) is 1. The van der Waals surface area contributed by atoms with Crippen molar-refractivity contribution >= 4 is 17.6 Å². The summed E-state index contributed by atoms with van der Waals surface area (Å²) >= 11 is 0. The molecule has 2 aromatic carbocycles. The Morgan fingerprint density at radius 2 is 1.83 bits per heavy atom. The number of esters is 1. The molecule has 0 aliphatic rings. The fourth-order valence-corrected chi connectivity index (χ4v) is 2.10. The summed E-state index contributed by atoms with van der Waals surface area (Å²) in [6, 6.07) is 12.1. The van der Waals surface area contributed by atoms with Crippen molar-refractivity contribution in [2.24, 2.45) is 0 Å². The Balaban J connectivity index is 1.98. The van der Waals surface area contributed by atoms with E-state index in [0.717, 1.165) is 5.56 Å². The lowest BCUT2D eigenvalue weighted by Gasteiger charge is -2.10. The van der Waals surface area contributed by atoms with Crippen LogP contribution in [0.2, 0.25) is 0 Å². The monoisotopic (exact) mass is 329 g/mol. The number of methoxy groups -OCH3 is 2. The Morgan fingerprint density at radius 3 is 2.50 bits per heavy atom. The van der Waals surface area contributed by atoms with Crippen molar-refractivity contribution in [2.45, 2.75) is 6.92 Å². The average molecular weight is 329 g/mol. The molecule has 2 aromatic rings. The van der Waals surface area contributed by atoms with Crippen molar-refractivity contribution in [3.05, 3.63) is 53.6 Å². The van der Waals surface area contributed by atoms with E-state index in [2.05, 4.69) is 5.32 Å². The summed E-state index contributed by atoms with van der Waals surface area (Å²) in [6.07, 6.45) is 0. The van der Waals surface area contributed by atoms with Crippen LogP contribution < -0.4 is 14.8 Å². The molecule has 0 bridgehead atoms. The number of aryl methyl sites for hydroxylation is 1. The van der Waals surface area contributed by atoms with E-state index >= 15 is 0 Å². The zero-order valence-electron chi connectivity index (χ0n) is 13.8. The number of hydrogen-bond donors (Lipinski definition) is 1. The molecule has 0 radical (unpaired) electrons. The first-order valence-electron chi connectivity index (χ1n) is 7.29. The highest BCUT2D eigenvalue weighted by Gasteiger charge is 2.16. The maximum Gasteiger partial charge on any atom is 0.342 e. The van der Waals surface area contributed by atoms with Crippen molar-refractivity contribution in [1.29, 1.82) is 0 Å². The van der Waals surface area contributed by atoms with Crippen LogP contribution in [0.3, 0.4) is 0 Å². The summed E-state index contributed by atoms with van der Waals surface area (Å²) in [5.41, 5.74) is 1.86. The van der Waals surface area contributed by atoms with Gasteiger partial charge in [-0.05, 0) is 42.8 Å². The molecule has 6 nitrogen and oxygen atoms in total. The normalized spacial score (nSPS) is 9.96. The molecule has 0 spiro atoms. The molecule has 0 atom stereocenters. The first kappa shape index (κ1) is 17.3. The maximum atomic E-state index is 12.2.